The van der Waals surface area contributed by atoms with Gasteiger partial charge >= 0.3 is 0 Å². The molecule has 0 aliphatic heterocycles. The number of amides is 3. The van der Waals surface area contributed by atoms with Crippen LogP contribution in [0.3, 0.4) is 0 Å². The quantitative estimate of drug-likeness (QED) is 0.420. The van der Waals surface area contributed by atoms with Crippen LogP contribution in [0.2, 0.25) is 0 Å². The smallest absolute Gasteiger partial charge is 0.243 e. The zero-order valence-corrected chi connectivity index (χ0v) is 21.3. The molecule has 0 aliphatic rings. The molecule has 1 rings (SSSR count). The molecule has 1 aromatic carbocycles. The monoisotopic (exact) mass is 461 g/mol. The molecule has 3 amide bonds. The summed E-state index contributed by atoms with van der Waals surface area (Å²) in [5.74, 6) is -2.18. The fourth-order valence-electron chi connectivity index (χ4n) is 3.46. The van der Waals surface area contributed by atoms with Crippen molar-refractivity contribution < 1.29 is 14.4 Å². The van der Waals surface area contributed by atoms with Gasteiger partial charge in [-0.15, -0.1) is 0 Å². The Morgan fingerprint density at radius 1 is 0.848 bits per heavy atom. The van der Waals surface area contributed by atoms with Crippen LogP contribution in [0, 0.1) is 5.92 Å². The minimum atomic E-state index is -1.07. The molecule has 0 heterocycles. The van der Waals surface area contributed by atoms with Crippen molar-refractivity contribution in [1.29, 1.82) is 0 Å². The van der Waals surface area contributed by atoms with Crippen molar-refractivity contribution in [1.82, 2.24) is 19.6 Å². The lowest BCUT2D eigenvalue weighted by molar-refractivity contribution is -0.152. The van der Waals surface area contributed by atoms with Crippen LogP contribution in [0.25, 0.3) is 0 Å². The summed E-state index contributed by atoms with van der Waals surface area (Å²) in [6.45, 7) is 6.77. The highest BCUT2D eigenvalue weighted by Gasteiger charge is 2.38. The van der Waals surface area contributed by atoms with Crippen LogP contribution in [-0.4, -0.2) is 104 Å². The standard InChI is InChI=1S/C25H43N5O3/c1-7-21(26)23(24(32)29(6)19-18-28(5)17-16-27(3)4)25(33)30(22(31)8-2)15-14-20-12-10-9-11-13-20/h9-13,21,23H,7-8,14-19,26H2,1-6H3/t21-,23?/m1/s1. The molecule has 0 fully saturated rings. The molecule has 0 aliphatic carbocycles. The largest absolute Gasteiger partial charge is 0.344 e. The van der Waals surface area contributed by atoms with Crippen LogP contribution in [-0.2, 0) is 20.8 Å². The third-order valence-electron chi connectivity index (χ3n) is 5.89. The first kappa shape index (κ1) is 28.7. The zero-order chi connectivity index (χ0) is 25.0. The molecule has 1 aromatic rings. The van der Waals surface area contributed by atoms with Gasteiger partial charge in [0.05, 0.1) is 0 Å². The Kier molecular flexibility index (Phi) is 12.9. The number of carbonyl (C=O) groups excluding carboxylic acids is 3. The summed E-state index contributed by atoms with van der Waals surface area (Å²) in [6, 6.07) is 9.04. The highest BCUT2D eigenvalue weighted by Crippen LogP contribution is 2.16. The predicted octanol–water partition coefficient (Wildman–Crippen LogP) is 1.30. The van der Waals surface area contributed by atoms with E-state index in [4.69, 9.17) is 5.73 Å². The van der Waals surface area contributed by atoms with Crippen LogP contribution in [0.4, 0.5) is 0 Å². The summed E-state index contributed by atoms with van der Waals surface area (Å²) < 4.78 is 0. The number of benzene rings is 1. The van der Waals surface area contributed by atoms with E-state index in [9.17, 15) is 14.4 Å². The third-order valence-corrected chi connectivity index (χ3v) is 5.89. The minimum absolute atomic E-state index is 0.190. The Labute approximate surface area is 199 Å². The van der Waals surface area contributed by atoms with E-state index in [-0.39, 0.29) is 24.8 Å². The second-order valence-corrected chi connectivity index (χ2v) is 8.89. The zero-order valence-electron chi connectivity index (χ0n) is 21.3. The van der Waals surface area contributed by atoms with Gasteiger partial charge in [0.2, 0.25) is 17.7 Å². The van der Waals surface area contributed by atoms with Gasteiger partial charge in [0.25, 0.3) is 0 Å². The number of hydrogen-bond acceptors (Lipinski definition) is 6. The predicted molar refractivity (Wildman–Crippen MR) is 133 cm³/mol. The lowest BCUT2D eigenvalue weighted by atomic mass is 9.94. The highest BCUT2D eigenvalue weighted by atomic mass is 16.2. The molecule has 0 bridgehead atoms. The van der Waals surface area contributed by atoms with Crippen LogP contribution >= 0.6 is 0 Å². The maximum absolute atomic E-state index is 13.5. The van der Waals surface area contributed by atoms with Gasteiger partial charge in [0, 0.05) is 52.2 Å². The van der Waals surface area contributed by atoms with E-state index in [1.807, 2.05) is 58.4 Å². The van der Waals surface area contributed by atoms with E-state index < -0.39 is 17.9 Å². The molecule has 8 heteroatoms. The average Bonchev–Trinajstić information content (AvgIpc) is 2.81. The second kappa shape index (κ2) is 14.8. The molecule has 2 atom stereocenters. The Morgan fingerprint density at radius 2 is 1.45 bits per heavy atom. The summed E-state index contributed by atoms with van der Waals surface area (Å²) in [4.78, 5) is 46.5. The van der Waals surface area contributed by atoms with E-state index in [1.165, 1.54) is 4.90 Å². The number of hydrogen-bond donors (Lipinski definition) is 1. The van der Waals surface area contributed by atoms with Crippen LogP contribution in [0.15, 0.2) is 30.3 Å². The maximum atomic E-state index is 13.5. The van der Waals surface area contributed by atoms with E-state index in [0.717, 1.165) is 18.7 Å². The number of likely N-dealkylation sites (N-methyl/N-ethyl adjacent to an activating group) is 3. The summed E-state index contributed by atoms with van der Waals surface area (Å²) in [5.41, 5.74) is 7.29. The molecule has 0 spiro atoms. The molecule has 0 radical (unpaired) electrons. The normalized spacial score (nSPS) is 13.1. The maximum Gasteiger partial charge on any atom is 0.243 e. The Bertz CT molecular complexity index is 741. The molecular weight excluding hydrogens is 418 g/mol. The number of carbonyl (C=O) groups is 3. The third kappa shape index (κ3) is 9.61. The summed E-state index contributed by atoms with van der Waals surface area (Å²) >= 11 is 0. The number of nitrogens with zero attached hydrogens (tertiary/aromatic N) is 4. The first-order valence-electron chi connectivity index (χ1n) is 11.8. The second-order valence-electron chi connectivity index (χ2n) is 8.89. The molecule has 0 saturated carbocycles. The summed E-state index contributed by atoms with van der Waals surface area (Å²) in [5, 5.41) is 0. The fraction of sp³-hybridized carbons (Fsp3) is 0.640. The number of imide groups is 1. The van der Waals surface area contributed by atoms with Gasteiger partial charge in [-0.05, 0) is 39.5 Å². The topological polar surface area (TPSA) is 90.2 Å². The molecular formula is C25H43N5O3. The van der Waals surface area contributed by atoms with Crippen molar-refractivity contribution in [2.24, 2.45) is 11.7 Å². The van der Waals surface area contributed by atoms with Gasteiger partial charge in [-0.1, -0.05) is 44.2 Å². The summed E-state index contributed by atoms with van der Waals surface area (Å²) in [6.07, 6.45) is 1.19. The van der Waals surface area contributed by atoms with Crippen LogP contribution in [0.1, 0.15) is 32.3 Å². The van der Waals surface area contributed by atoms with Gasteiger partial charge in [-0.25, -0.2) is 0 Å². The molecule has 33 heavy (non-hydrogen) atoms. The van der Waals surface area contributed by atoms with Gasteiger partial charge < -0.3 is 20.4 Å². The van der Waals surface area contributed by atoms with E-state index in [0.29, 0.717) is 25.9 Å². The first-order valence-corrected chi connectivity index (χ1v) is 11.8. The first-order chi connectivity index (χ1) is 15.6. The lowest BCUT2D eigenvalue weighted by Crippen LogP contribution is -2.54. The highest BCUT2D eigenvalue weighted by molar-refractivity contribution is 6.07. The Hall–Kier alpha value is -2.29. The van der Waals surface area contributed by atoms with Gasteiger partial charge in [-0.2, -0.15) is 0 Å². The fourth-order valence-corrected chi connectivity index (χ4v) is 3.46. The SMILES string of the molecule is CCC(=O)N(CCc1ccccc1)C(=O)C(C(=O)N(C)CCN(C)CCN(C)C)[C@H](N)CC. The molecule has 186 valence electrons. The van der Waals surface area contributed by atoms with E-state index in [1.54, 1.807) is 18.9 Å². The Balaban J connectivity index is 2.93. The van der Waals surface area contributed by atoms with Gasteiger partial charge in [0.15, 0.2) is 0 Å². The number of nitrogens with two attached hydrogens (primary N) is 1. The number of rotatable bonds is 14. The van der Waals surface area contributed by atoms with Gasteiger partial charge in [0.1, 0.15) is 5.92 Å². The van der Waals surface area contributed by atoms with Crippen molar-refractivity contribution in [3.05, 3.63) is 35.9 Å². The van der Waals surface area contributed by atoms with Crippen molar-refractivity contribution in [2.45, 2.75) is 39.2 Å². The molecule has 0 aromatic heterocycles. The van der Waals surface area contributed by atoms with Crippen molar-refractivity contribution >= 4 is 17.7 Å². The van der Waals surface area contributed by atoms with Crippen molar-refractivity contribution in [2.75, 3.05) is 60.9 Å². The minimum Gasteiger partial charge on any atom is -0.344 e. The molecule has 0 saturated heterocycles. The molecule has 1 unspecified atom stereocenters. The molecule has 8 nitrogen and oxygen atoms in total. The van der Waals surface area contributed by atoms with Gasteiger partial charge in [-0.3, -0.25) is 19.3 Å². The van der Waals surface area contributed by atoms with Crippen LogP contribution < -0.4 is 5.73 Å². The average molecular weight is 462 g/mol. The lowest BCUT2D eigenvalue weighted by Gasteiger charge is -2.31. The van der Waals surface area contributed by atoms with Crippen LogP contribution in [0.5, 0.6) is 0 Å². The van der Waals surface area contributed by atoms with Crippen molar-refractivity contribution in [3.63, 3.8) is 0 Å². The van der Waals surface area contributed by atoms with E-state index in [2.05, 4.69) is 9.80 Å². The Morgan fingerprint density at radius 3 is 2.00 bits per heavy atom. The molecule has 2 N–H and O–H groups in total. The summed E-state index contributed by atoms with van der Waals surface area (Å²) in [7, 11) is 7.74. The van der Waals surface area contributed by atoms with Crippen molar-refractivity contribution in [3.8, 4) is 0 Å². The van der Waals surface area contributed by atoms with E-state index >= 15 is 0 Å².